The number of anilines is 1. The van der Waals surface area contributed by atoms with Crippen LogP contribution in [0, 0.1) is 19.8 Å². The van der Waals surface area contributed by atoms with Crippen LogP contribution in [0.15, 0.2) is 48.5 Å². The Morgan fingerprint density at radius 2 is 1.65 bits per heavy atom. The number of amides is 3. The maximum absolute atomic E-state index is 13.8. The molecule has 6 nitrogen and oxygen atoms in total. The SMILES string of the molecule is Cc1ccc(-c2c(CN)c(CC(C)C)nc(C)c2N2C(=O)C3Cc4ccccc4CN3C2=O)cc1.Cl.Cl. The van der Waals surface area contributed by atoms with Crippen LogP contribution in [-0.4, -0.2) is 27.9 Å². The highest BCUT2D eigenvalue weighted by Crippen LogP contribution is 2.42. The van der Waals surface area contributed by atoms with E-state index in [-0.39, 0.29) is 43.3 Å². The standard InChI is InChI=1S/C29H32N4O2.2ClH/c1-17(2)13-24-23(15-30)26(20-11-9-18(3)10-12-20)27(19(4)31-24)33-28(34)25-14-21-7-5-6-8-22(21)16-32(25)29(33)35;;/h5-12,17,25H,13-16,30H2,1-4H3;2*1H. The fourth-order valence-corrected chi connectivity index (χ4v) is 5.39. The maximum Gasteiger partial charge on any atom is 0.332 e. The lowest BCUT2D eigenvalue weighted by Crippen LogP contribution is -2.39. The number of urea groups is 1. The lowest BCUT2D eigenvalue weighted by molar-refractivity contribution is -0.120. The van der Waals surface area contributed by atoms with Crippen LogP contribution in [0.1, 0.15) is 47.5 Å². The lowest BCUT2D eigenvalue weighted by atomic mass is 9.91. The van der Waals surface area contributed by atoms with Crippen LogP contribution in [0.3, 0.4) is 0 Å². The number of aryl methyl sites for hydroxylation is 2. The lowest BCUT2D eigenvalue weighted by Gasteiger charge is -2.28. The molecule has 37 heavy (non-hydrogen) atoms. The average Bonchev–Trinajstić information content (AvgIpc) is 3.07. The number of halogens is 2. The molecule has 1 aromatic heterocycles. The third-order valence-electron chi connectivity index (χ3n) is 7.09. The van der Waals surface area contributed by atoms with Gasteiger partial charge in [-0.2, -0.15) is 0 Å². The summed E-state index contributed by atoms with van der Waals surface area (Å²) in [6, 6.07) is 15.4. The zero-order valence-corrected chi connectivity index (χ0v) is 23.3. The van der Waals surface area contributed by atoms with Gasteiger partial charge < -0.3 is 10.6 Å². The zero-order valence-electron chi connectivity index (χ0n) is 21.7. The van der Waals surface area contributed by atoms with E-state index in [1.807, 2.05) is 62.4 Å². The number of nitrogens with zero attached hydrogens (tertiary/aromatic N) is 3. The second-order valence-corrected chi connectivity index (χ2v) is 10.1. The smallest absolute Gasteiger partial charge is 0.326 e. The van der Waals surface area contributed by atoms with Gasteiger partial charge in [0.2, 0.25) is 0 Å². The fourth-order valence-electron chi connectivity index (χ4n) is 5.39. The number of hydrogen-bond donors (Lipinski definition) is 1. The van der Waals surface area contributed by atoms with Gasteiger partial charge in [0.25, 0.3) is 5.91 Å². The minimum atomic E-state index is -0.501. The average molecular weight is 542 g/mol. The van der Waals surface area contributed by atoms with Gasteiger partial charge >= 0.3 is 6.03 Å². The molecule has 0 spiro atoms. The molecule has 1 saturated heterocycles. The van der Waals surface area contributed by atoms with Crippen LogP contribution >= 0.6 is 24.8 Å². The largest absolute Gasteiger partial charge is 0.332 e. The Morgan fingerprint density at radius 1 is 1.00 bits per heavy atom. The molecule has 8 heteroatoms. The van der Waals surface area contributed by atoms with E-state index in [2.05, 4.69) is 13.8 Å². The number of pyridine rings is 1. The van der Waals surface area contributed by atoms with E-state index >= 15 is 0 Å². The summed E-state index contributed by atoms with van der Waals surface area (Å²) in [5.41, 5.74) is 14.5. The van der Waals surface area contributed by atoms with Gasteiger partial charge in [-0.1, -0.05) is 67.9 Å². The molecule has 3 amide bonds. The molecule has 0 bridgehead atoms. The van der Waals surface area contributed by atoms with Crippen molar-refractivity contribution in [1.82, 2.24) is 9.88 Å². The van der Waals surface area contributed by atoms with Crippen LogP contribution < -0.4 is 10.6 Å². The van der Waals surface area contributed by atoms with Crippen molar-refractivity contribution in [2.75, 3.05) is 4.90 Å². The van der Waals surface area contributed by atoms with E-state index in [1.165, 1.54) is 4.90 Å². The fraction of sp³-hybridized carbons (Fsp3) is 0.345. The Bertz CT molecular complexity index is 1280. The summed E-state index contributed by atoms with van der Waals surface area (Å²) in [6.45, 7) is 8.95. The molecule has 3 aromatic rings. The Kier molecular flexibility index (Phi) is 8.68. The van der Waals surface area contributed by atoms with Gasteiger partial charge in [0.15, 0.2) is 0 Å². The molecule has 5 rings (SSSR count). The number of imide groups is 1. The first-order valence-corrected chi connectivity index (χ1v) is 12.3. The molecule has 2 N–H and O–H groups in total. The van der Waals surface area contributed by atoms with Crippen molar-refractivity contribution in [3.63, 3.8) is 0 Å². The third-order valence-corrected chi connectivity index (χ3v) is 7.09. The Balaban J connectivity index is 0.00000190. The molecule has 0 radical (unpaired) electrons. The Hall–Kier alpha value is -2.93. The van der Waals surface area contributed by atoms with Gasteiger partial charge in [-0.15, -0.1) is 24.8 Å². The molecule has 0 aliphatic carbocycles. The van der Waals surface area contributed by atoms with Crippen molar-refractivity contribution >= 4 is 42.4 Å². The van der Waals surface area contributed by atoms with Crippen molar-refractivity contribution in [1.29, 1.82) is 0 Å². The topological polar surface area (TPSA) is 79.5 Å². The predicted molar refractivity (Wildman–Crippen MR) is 152 cm³/mol. The molecule has 3 heterocycles. The molecule has 2 aromatic carbocycles. The van der Waals surface area contributed by atoms with Crippen LogP contribution in [0.25, 0.3) is 11.1 Å². The van der Waals surface area contributed by atoms with E-state index in [4.69, 9.17) is 10.7 Å². The normalized spacial score (nSPS) is 16.3. The molecule has 196 valence electrons. The highest BCUT2D eigenvalue weighted by Gasteiger charge is 2.49. The Morgan fingerprint density at radius 3 is 2.27 bits per heavy atom. The second kappa shape index (κ2) is 11.2. The van der Waals surface area contributed by atoms with Crippen molar-refractivity contribution < 1.29 is 9.59 Å². The van der Waals surface area contributed by atoms with E-state index in [0.717, 1.165) is 45.5 Å². The van der Waals surface area contributed by atoms with Gasteiger partial charge in [0.05, 0.1) is 11.4 Å². The van der Waals surface area contributed by atoms with E-state index in [1.54, 1.807) is 4.90 Å². The number of carbonyl (C=O) groups is 2. The number of aromatic nitrogens is 1. The van der Waals surface area contributed by atoms with Crippen molar-refractivity contribution in [2.45, 2.75) is 59.7 Å². The first-order valence-electron chi connectivity index (χ1n) is 12.3. The van der Waals surface area contributed by atoms with Crippen molar-refractivity contribution in [2.24, 2.45) is 11.7 Å². The summed E-state index contributed by atoms with van der Waals surface area (Å²) >= 11 is 0. The number of nitrogens with two attached hydrogens (primary N) is 1. The number of rotatable bonds is 5. The summed E-state index contributed by atoms with van der Waals surface area (Å²) in [7, 11) is 0. The summed E-state index contributed by atoms with van der Waals surface area (Å²) < 4.78 is 0. The number of fused-ring (bicyclic) bond motifs is 2. The summed E-state index contributed by atoms with van der Waals surface area (Å²) in [5.74, 6) is 0.203. The predicted octanol–water partition coefficient (Wildman–Crippen LogP) is 5.76. The van der Waals surface area contributed by atoms with Gasteiger partial charge in [-0.25, -0.2) is 9.69 Å². The molecule has 2 aliphatic rings. The molecule has 1 atom stereocenters. The molecule has 1 unspecified atom stereocenters. The molecular formula is C29H34Cl2N4O2. The molecular weight excluding hydrogens is 507 g/mol. The van der Waals surface area contributed by atoms with Crippen molar-refractivity contribution in [3.8, 4) is 11.1 Å². The first kappa shape index (κ1) is 28.6. The van der Waals surface area contributed by atoms with Crippen LogP contribution in [0.4, 0.5) is 10.5 Å². The molecule has 1 fully saturated rings. The Labute approximate surface area is 231 Å². The monoisotopic (exact) mass is 540 g/mol. The quantitative estimate of drug-likeness (QED) is 0.417. The minimum Gasteiger partial charge on any atom is -0.326 e. The minimum absolute atomic E-state index is 0. The highest BCUT2D eigenvalue weighted by atomic mass is 35.5. The highest BCUT2D eigenvalue weighted by molar-refractivity contribution is 6.23. The van der Waals surface area contributed by atoms with Gasteiger partial charge in [-0.3, -0.25) is 9.78 Å². The van der Waals surface area contributed by atoms with Crippen molar-refractivity contribution in [3.05, 3.63) is 82.2 Å². The van der Waals surface area contributed by atoms with Gasteiger partial charge in [-0.05, 0) is 48.4 Å². The summed E-state index contributed by atoms with van der Waals surface area (Å²) in [6.07, 6.45) is 1.30. The number of hydrogen-bond acceptors (Lipinski definition) is 4. The van der Waals surface area contributed by atoms with E-state index in [9.17, 15) is 9.59 Å². The van der Waals surface area contributed by atoms with Crippen LogP contribution in [0.2, 0.25) is 0 Å². The summed E-state index contributed by atoms with van der Waals surface area (Å²) in [4.78, 5) is 35.6. The first-order chi connectivity index (χ1) is 16.8. The van der Waals surface area contributed by atoms with E-state index < -0.39 is 6.04 Å². The summed E-state index contributed by atoms with van der Waals surface area (Å²) in [5, 5.41) is 0. The maximum atomic E-state index is 13.8. The number of benzene rings is 2. The molecule has 2 aliphatic heterocycles. The zero-order chi connectivity index (χ0) is 24.9. The third kappa shape index (κ3) is 4.98. The van der Waals surface area contributed by atoms with Gasteiger partial charge in [0.1, 0.15) is 6.04 Å². The number of carbonyl (C=O) groups excluding carboxylic acids is 2. The van der Waals surface area contributed by atoms with Crippen LogP contribution in [0.5, 0.6) is 0 Å². The van der Waals surface area contributed by atoms with Crippen LogP contribution in [-0.2, 0) is 30.7 Å². The van der Waals surface area contributed by atoms with E-state index in [0.29, 0.717) is 30.3 Å². The molecule has 0 saturated carbocycles. The van der Waals surface area contributed by atoms with Gasteiger partial charge in [0, 0.05) is 30.8 Å². The second-order valence-electron chi connectivity index (χ2n) is 10.1.